The van der Waals surface area contributed by atoms with Crippen LogP contribution in [0.2, 0.25) is 0 Å². The second-order valence-corrected chi connectivity index (χ2v) is 6.19. The number of aliphatic carboxylic acids is 1. The Balaban J connectivity index is 2.21. The maximum atomic E-state index is 12.3. The summed E-state index contributed by atoms with van der Waals surface area (Å²) in [4.78, 5) is 25.5. The molecule has 1 heterocycles. The van der Waals surface area contributed by atoms with Crippen LogP contribution < -0.4 is 0 Å². The molecule has 1 fully saturated rings. The number of ether oxygens (including phenoxy) is 1. The molecule has 1 aliphatic heterocycles. The van der Waals surface area contributed by atoms with Gasteiger partial charge in [0.05, 0.1) is 29.7 Å². The number of carboxylic acid groups (broad SMARTS) is 1. The normalized spacial score (nSPS) is 20.4. The summed E-state index contributed by atoms with van der Waals surface area (Å²) in [5, 5.41) is 18.5. The number of amides is 1. The Bertz CT molecular complexity index is 651. The number of carboxylic acids is 1. The summed E-state index contributed by atoms with van der Waals surface area (Å²) >= 11 is 0. The van der Waals surface area contributed by atoms with E-state index >= 15 is 0 Å². The molecule has 6 nitrogen and oxygen atoms in total. The van der Waals surface area contributed by atoms with Crippen molar-refractivity contribution >= 4 is 11.9 Å². The van der Waals surface area contributed by atoms with Crippen LogP contribution >= 0.6 is 0 Å². The molecule has 0 bridgehead atoms. The van der Waals surface area contributed by atoms with Crippen LogP contribution in [0.5, 0.6) is 0 Å². The monoisotopic (exact) mass is 330 g/mol. The molecule has 2 atom stereocenters. The lowest BCUT2D eigenvalue weighted by Crippen LogP contribution is -2.32. The number of hydrogen-bond donors (Lipinski definition) is 1. The third kappa shape index (κ3) is 4.12. The quantitative estimate of drug-likeness (QED) is 0.775. The van der Waals surface area contributed by atoms with Crippen molar-refractivity contribution in [3.63, 3.8) is 0 Å². The number of nitriles is 1. The van der Waals surface area contributed by atoms with Crippen LogP contribution in [-0.2, 0) is 14.3 Å². The average Bonchev–Trinajstić information content (AvgIpc) is 2.88. The zero-order valence-corrected chi connectivity index (χ0v) is 13.9. The number of rotatable bonds is 7. The number of nitrogens with zero attached hydrogens (tertiary/aromatic N) is 2. The van der Waals surface area contributed by atoms with Crippen molar-refractivity contribution in [2.75, 3.05) is 13.2 Å². The first kappa shape index (κ1) is 18.0. The van der Waals surface area contributed by atoms with Gasteiger partial charge in [0.2, 0.25) is 5.91 Å². The zero-order valence-electron chi connectivity index (χ0n) is 13.9. The van der Waals surface area contributed by atoms with Gasteiger partial charge in [0.25, 0.3) is 0 Å². The van der Waals surface area contributed by atoms with E-state index in [-0.39, 0.29) is 18.4 Å². The van der Waals surface area contributed by atoms with E-state index in [1.54, 1.807) is 29.2 Å². The Kier molecular flexibility index (Phi) is 5.93. The predicted molar refractivity (Wildman–Crippen MR) is 87.1 cm³/mol. The number of carbonyl (C=O) groups is 2. The second kappa shape index (κ2) is 7.93. The molecule has 1 amide bonds. The standard InChI is InChI=1S/C18H22N2O4/c1-12(2)24-8-4-7-20-16(21)10-15(18(22)23)17(20)14-6-3-5-13(9-14)11-19/h3,5-6,9,12,15,17H,4,7-8,10H2,1-2H3,(H,22,23). The van der Waals surface area contributed by atoms with Gasteiger partial charge in [0, 0.05) is 19.6 Å². The minimum absolute atomic E-state index is 0.0121. The van der Waals surface area contributed by atoms with E-state index in [1.165, 1.54) is 0 Å². The topological polar surface area (TPSA) is 90.6 Å². The van der Waals surface area contributed by atoms with Gasteiger partial charge < -0.3 is 14.7 Å². The summed E-state index contributed by atoms with van der Waals surface area (Å²) < 4.78 is 5.49. The summed E-state index contributed by atoms with van der Waals surface area (Å²) in [7, 11) is 0. The highest BCUT2D eigenvalue weighted by Gasteiger charge is 2.44. The fourth-order valence-electron chi connectivity index (χ4n) is 3.03. The minimum Gasteiger partial charge on any atom is -0.481 e. The lowest BCUT2D eigenvalue weighted by molar-refractivity contribution is -0.142. The molecule has 1 N–H and O–H groups in total. The average molecular weight is 330 g/mol. The minimum atomic E-state index is -0.989. The van der Waals surface area contributed by atoms with E-state index in [4.69, 9.17) is 10.00 Å². The van der Waals surface area contributed by atoms with Crippen LogP contribution in [0, 0.1) is 17.2 Å². The van der Waals surface area contributed by atoms with Crippen LogP contribution in [0.15, 0.2) is 24.3 Å². The van der Waals surface area contributed by atoms with Crippen LogP contribution in [0.3, 0.4) is 0 Å². The second-order valence-electron chi connectivity index (χ2n) is 6.19. The van der Waals surface area contributed by atoms with Gasteiger partial charge in [-0.3, -0.25) is 9.59 Å². The van der Waals surface area contributed by atoms with Gasteiger partial charge in [-0.2, -0.15) is 5.26 Å². The molecule has 0 spiro atoms. The largest absolute Gasteiger partial charge is 0.481 e. The molecule has 0 saturated carbocycles. The first-order chi connectivity index (χ1) is 11.4. The highest BCUT2D eigenvalue weighted by Crippen LogP contribution is 2.38. The van der Waals surface area contributed by atoms with Crippen molar-refractivity contribution in [3.05, 3.63) is 35.4 Å². The molecule has 1 aliphatic rings. The van der Waals surface area contributed by atoms with Gasteiger partial charge in [-0.15, -0.1) is 0 Å². The van der Waals surface area contributed by atoms with Crippen molar-refractivity contribution in [2.24, 2.45) is 5.92 Å². The molecule has 1 aromatic rings. The summed E-state index contributed by atoms with van der Waals surface area (Å²) in [6.45, 7) is 4.84. The molecule has 2 unspecified atom stereocenters. The van der Waals surface area contributed by atoms with Crippen LogP contribution in [0.4, 0.5) is 0 Å². The number of hydrogen-bond acceptors (Lipinski definition) is 4. The highest BCUT2D eigenvalue weighted by molar-refractivity contribution is 5.87. The molecule has 128 valence electrons. The van der Waals surface area contributed by atoms with Gasteiger partial charge >= 0.3 is 5.97 Å². The van der Waals surface area contributed by atoms with Crippen molar-refractivity contribution < 1.29 is 19.4 Å². The Labute approximate surface area is 141 Å². The van der Waals surface area contributed by atoms with Crippen LogP contribution in [0.25, 0.3) is 0 Å². The van der Waals surface area contributed by atoms with Gasteiger partial charge in [-0.25, -0.2) is 0 Å². The smallest absolute Gasteiger partial charge is 0.309 e. The van der Waals surface area contributed by atoms with Crippen molar-refractivity contribution in [3.8, 4) is 6.07 Å². The maximum Gasteiger partial charge on any atom is 0.309 e. The Morgan fingerprint density at radius 2 is 2.25 bits per heavy atom. The SMILES string of the molecule is CC(C)OCCCN1C(=O)CC(C(=O)O)C1c1cccc(C#N)c1. The summed E-state index contributed by atoms with van der Waals surface area (Å²) in [5.74, 6) is -1.95. The first-order valence-electron chi connectivity index (χ1n) is 8.08. The molecular formula is C18H22N2O4. The number of carbonyl (C=O) groups excluding carboxylic acids is 1. The molecular weight excluding hydrogens is 308 g/mol. The predicted octanol–water partition coefficient (Wildman–Crippen LogP) is 2.35. The lowest BCUT2D eigenvalue weighted by Gasteiger charge is -2.27. The molecule has 2 rings (SSSR count). The van der Waals surface area contributed by atoms with E-state index in [2.05, 4.69) is 6.07 Å². The number of likely N-dealkylation sites (tertiary alicyclic amines) is 1. The van der Waals surface area contributed by atoms with Crippen molar-refractivity contribution in [1.29, 1.82) is 5.26 Å². The molecule has 0 aromatic heterocycles. The lowest BCUT2D eigenvalue weighted by atomic mass is 9.93. The molecule has 6 heteroatoms. The van der Waals surface area contributed by atoms with Crippen molar-refractivity contribution in [2.45, 2.75) is 38.8 Å². The number of benzene rings is 1. The maximum absolute atomic E-state index is 12.3. The Morgan fingerprint density at radius 3 is 2.88 bits per heavy atom. The van der Waals surface area contributed by atoms with Gasteiger partial charge in [0.1, 0.15) is 0 Å². The van der Waals surface area contributed by atoms with Gasteiger partial charge in [-0.05, 0) is 38.0 Å². The molecule has 24 heavy (non-hydrogen) atoms. The molecule has 1 saturated heterocycles. The third-order valence-corrected chi connectivity index (χ3v) is 4.10. The van der Waals surface area contributed by atoms with E-state index in [1.807, 2.05) is 13.8 Å². The van der Waals surface area contributed by atoms with Gasteiger partial charge in [-0.1, -0.05) is 12.1 Å². The molecule has 1 aromatic carbocycles. The van der Waals surface area contributed by atoms with E-state index in [9.17, 15) is 14.7 Å². The fraction of sp³-hybridized carbons (Fsp3) is 0.500. The third-order valence-electron chi connectivity index (χ3n) is 4.10. The molecule has 0 radical (unpaired) electrons. The Hall–Kier alpha value is -2.39. The van der Waals surface area contributed by atoms with E-state index < -0.39 is 17.9 Å². The first-order valence-corrected chi connectivity index (χ1v) is 8.08. The van der Waals surface area contributed by atoms with E-state index in [0.29, 0.717) is 30.7 Å². The van der Waals surface area contributed by atoms with Gasteiger partial charge in [0.15, 0.2) is 0 Å². The Morgan fingerprint density at radius 1 is 1.50 bits per heavy atom. The summed E-state index contributed by atoms with van der Waals surface area (Å²) in [6.07, 6.45) is 0.751. The molecule has 0 aliphatic carbocycles. The van der Waals surface area contributed by atoms with Crippen LogP contribution in [-0.4, -0.2) is 41.1 Å². The highest BCUT2D eigenvalue weighted by atomic mass is 16.5. The van der Waals surface area contributed by atoms with Crippen LogP contribution in [0.1, 0.15) is 43.9 Å². The fourth-order valence-corrected chi connectivity index (χ4v) is 3.03. The van der Waals surface area contributed by atoms with Crippen molar-refractivity contribution in [1.82, 2.24) is 4.90 Å². The zero-order chi connectivity index (χ0) is 17.7. The van der Waals surface area contributed by atoms with E-state index in [0.717, 1.165) is 0 Å². The summed E-state index contributed by atoms with van der Waals surface area (Å²) in [5.41, 5.74) is 1.15. The summed E-state index contributed by atoms with van der Waals surface area (Å²) in [6, 6.07) is 8.34.